The number of allylic oxidation sites excluding steroid dienone is 2. The lowest BCUT2D eigenvalue weighted by molar-refractivity contribution is -0.140. The summed E-state index contributed by atoms with van der Waals surface area (Å²) in [7, 11) is 0. The first-order valence-electron chi connectivity index (χ1n) is 9.29. The van der Waals surface area contributed by atoms with Crippen LogP contribution < -0.4 is 5.32 Å². The van der Waals surface area contributed by atoms with Crippen LogP contribution in [0.25, 0.3) is 0 Å². The van der Waals surface area contributed by atoms with E-state index in [2.05, 4.69) is 23.5 Å². The Balaban J connectivity index is 1.91. The summed E-state index contributed by atoms with van der Waals surface area (Å²) in [5, 5.41) is 23.6. The Morgan fingerprint density at radius 2 is 2.07 bits per heavy atom. The highest BCUT2D eigenvalue weighted by atomic mass is 16.5. The highest BCUT2D eigenvalue weighted by Gasteiger charge is 2.51. The number of nitrogens with zero attached hydrogens (tertiary/aromatic N) is 2. The number of hydrogen-bond donors (Lipinski definition) is 1. The Morgan fingerprint density at radius 1 is 1.33 bits per heavy atom. The van der Waals surface area contributed by atoms with Gasteiger partial charge in [-0.05, 0) is 36.5 Å². The molecule has 6 nitrogen and oxygen atoms in total. The summed E-state index contributed by atoms with van der Waals surface area (Å²) in [6.45, 7) is 3.22. The molecule has 0 amide bonds. The molecule has 0 spiro atoms. The zero-order chi connectivity index (χ0) is 19.3. The molecule has 138 valence electrons. The third-order valence-corrected chi connectivity index (χ3v) is 6.42. The van der Waals surface area contributed by atoms with Gasteiger partial charge in [-0.1, -0.05) is 11.6 Å². The van der Waals surface area contributed by atoms with E-state index in [0.29, 0.717) is 5.57 Å². The second kappa shape index (κ2) is 6.18. The molecule has 3 atom stereocenters. The van der Waals surface area contributed by atoms with Crippen LogP contribution in [0.2, 0.25) is 0 Å². The van der Waals surface area contributed by atoms with Crippen LogP contribution >= 0.6 is 0 Å². The van der Waals surface area contributed by atoms with Crippen molar-refractivity contribution in [2.45, 2.75) is 51.6 Å². The fraction of sp³-hybridized carbons (Fsp3) is 0.524. The number of esters is 1. The Hall–Kier alpha value is -2.70. The van der Waals surface area contributed by atoms with Gasteiger partial charge in [-0.2, -0.15) is 10.5 Å². The molecule has 2 aliphatic carbocycles. The lowest BCUT2D eigenvalue weighted by Gasteiger charge is -2.36. The summed E-state index contributed by atoms with van der Waals surface area (Å²) in [6, 6.07) is 4.94. The number of ether oxygens (including phenoxy) is 1. The SMILES string of the molecule is CC(=O)OCC1=C2CC(C#N)(C#N)C3=CC4CC[C@H](N4)[C@@H]3C(C)=C2CC1=O. The number of carbonyl (C=O) groups excluding carboxylic acids is 2. The van der Waals surface area contributed by atoms with Crippen molar-refractivity contribution in [2.75, 3.05) is 6.61 Å². The molecule has 1 unspecified atom stereocenters. The predicted molar refractivity (Wildman–Crippen MR) is 95.8 cm³/mol. The second-order valence-electron chi connectivity index (χ2n) is 7.86. The van der Waals surface area contributed by atoms with Crippen LogP contribution in [-0.4, -0.2) is 30.4 Å². The smallest absolute Gasteiger partial charge is 0.302 e. The third kappa shape index (κ3) is 2.56. The van der Waals surface area contributed by atoms with Gasteiger partial charge in [0.25, 0.3) is 0 Å². The summed E-state index contributed by atoms with van der Waals surface area (Å²) in [5.74, 6) is -0.578. The van der Waals surface area contributed by atoms with E-state index < -0.39 is 11.4 Å². The van der Waals surface area contributed by atoms with Crippen LogP contribution in [0.4, 0.5) is 0 Å². The average Bonchev–Trinajstić information content (AvgIpc) is 3.14. The van der Waals surface area contributed by atoms with E-state index in [9.17, 15) is 20.1 Å². The van der Waals surface area contributed by atoms with E-state index >= 15 is 0 Å². The molecule has 0 radical (unpaired) electrons. The first kappa shape index (κ1) is 17.7. The standard InChI is InChI=1S/C21H21N3O3/c1-11-14-6-19(26)16(8-27-12(2)25)15(14)7-21(9-22,10-23)17-5-13-3-4-18(24-13)20(11)17/h5,13,18,20,24H,3-4,6-8H2,1-2H3/t13?,18-,20+/m0/s1. The lowest BCUT2D eigenvalue weighted by atomic mass is 9.69. The number of rotatable bonds is 2. The van der Waals surface area contributed by atoms with Gasteiger partial charge in [-0.3, -0.25) is 9.59 Å². The van der Waals surface area contributed by atoms with Crippen LogP contribution in [0.1, 0.15) is 39.5 Å². The lowest BCUT2D eigenvalue weighted by Crippen LogP contribution is -2.43. The predicted octanol–water partition coefficient (Wildman–Crippen LogP) is 2.25. The fourth-order valence-corrected chi connectivity index (χ4v) is 5.12. The summed E-state index contributed by atoms with van der Waals surface area (Å²) in [6.07, 6.45) is 4.49. The third-order valence-electron chi connectivity index (χ3n) is 6.42. The maximum atomic E-state index is 12.6. The molecule has 0 aromatic heterocycles. The average molecular weight is 363 g/mol. The molecular formula is C21H21N3O3. The second-order valence-corrected chi connectivity index (χ2v) is 7.86. The number of fused-ring (bicyclic) bond motifs is 5. The first-order valence-corrected chi connectivity index (χ1v) is 9.29. The number of ketones is 1. The number of hydrogen-bond acceptors (Lipinski definition) is 6. The minimum absolute atomic E-state index is 0.0450. The van der Waals surface area contributed by atoms with Gasteiger partial charge in [-0.15, -0.1) is 0 Å². The maximum absolute atomic E-state index is 12.6. The molecule has 6 heteroatoms. The monoisotopic (exact) mass is 363 g/mol. The van der Waals surface area contributed by atoms with E-state index in [-0.39, 0.29) is 43.2 Å². The quantitative estimate of drug-likeness (QED) is 0.596. The van der Waals surface area contributed by atoms with Gasteiger partial charge in [0.15, 0.2) is 11.2 Å². The van der Waals surface area contributed by atoms with Crippen molar-refractivity contribution in [1.29, 1.82) is 10.5 Å². The summed E-state index contributed by atoms with van der Waals surface area (Å²) < 4.78 is 5.09. The molecule has 1 saturated heterocycles. The van der Waals surface area contributed by atoms with E-state index in [1.54, 1.807) is 0 Å². The van der Waals surface area contributed by atoms with E-state index in [4.69, 9.17) is 4.74 Å². The van der Waals surface area contributed by atoms with Crippen molar-refractivity contribution in [1.82, 2.24) is 5.32 Å². The van der Waals surface area contributed by atoms with Crippen molar-refractivity contribution in [3.63, 3.8) is 0 Å². The minimum Gasteiger partial charge on any atom is -0.461 e. The molecule has 0 saturated carbocycles. The van der Waals surface area contributed by atoms with Crippen molar-refractivity contribution in [3.8, 4) is 12.1 Å². The van der Waals surface area contributed by atoms with Gasteiger partial charge in [0, 0.05) is 43.3 Å². The van der Waals surface area contributed by atoms with E-state index in [1.165, 1.54) is 6.92 Å². The summed E-state index contributed by atoms with van der Waals surface area (Å²) >= 11 is 0. The maximum Gasteiger partial charge on any atom is 0.302 e. The number of nitriles is 2. The van der Waals surface area contributed by atoms with E-state index in [0.717, 1.165) is 35.1 Å². The number of Topliss-reactive ketones (excluding diaryl/α,β-unsaturated/α-hetero) is 1. The van der Waals surface area contributed by atoms with Gasteiger partial charge in [-0.25, -0.2) is 0 Å². The van der Waals surface area contributed by atoms with Gasteiger partial charge in [0.1, 0.15) is 6.61 Å². The molecule has 1 fully saturated rings. The molecule has 2 aliphatic heterocycles. The van der Waals surface area contributed by atoms with Crippen molar-refractivity contribution in [2.24, 2.45) is 11.3 Å². The van der Waals surface area contributed by atoms with Crippen LogP contribution in [-0.2, 0) is 14.3 Å². The molecule has 0 aromatic rings. The Morgan fingerprint density at radius 3 is 2.74 bits per heavy atom. The molecule has 4 aliphatic rings. The zero-order valence-electron chi connectivity index (χ0n) is 15.5. The summed E-state index contributed by atoms with van der Waals surface area (Å²) in [5.41, 5.74) is 2.74. The van der Waals surface area contributed by atoms with Crippen LogP contribution in [0, 0.1) is 34.0 Å². The molecule has 0 aromatic carbocycles. The Kier molecular flexibility index (Phi) is 4.05. The first-order chi connectivity index (χ1) is 12.9. The topological polar surface area (TPSA) is 103 Å². The molecule has 27 heavy (non-hydrogen) atoms. The van der Waals surface area contributed by atoms with E-state index in [1.807, 2.05) is 6.92 Å². The highest BCUT2D eigenvalue weighted by Crippen LogP contribution is 2.53. The Labute approximate surface area is 158 Å². The molecular weight excluding hydrogens is 342 g/mol. The van der Waals surface area contributed by atoms with Gasteiger partial charge < -0.3 is 10.1 Å². The van der Waals surface area contributed by atoms with Crippen LogP contribution in [0.5, 0.6) is 0 Å². The van der Waals surface area contributed by atoms with Crippen molar-refractivity contribution in [3.05, 3.63) is 33.9 Å². The molecule has 1 N–H and O–H groups in total. The van der Waals surface area contributed by atoms with Crippen LogP contribution in [0.3, 0.4) is 0 Å². The molecule has 2 heterocycles. The van der Waals surface area contributed by atoms with Gasteiger partial charge in [0.05, 0.1) is 12.1 Å². The van der Waals surface area contributed by atoms with Crippen molar-refractivity contribution >= 4 is 11.8 Å². The largest absolute Gasteiger partial charge is 0.461 e. The fourth-order valence-electron chi connectivity index (χ4n) is 5.12. The minimum atomic E-state index is -1.29. The van der Waals surface area contributed by atoms with Gasteiger partial charge in [0.2, 0.25) is 0 Å². The molecule has 2 bridgehead atoms. The zero-order valence-corrected chi connectivity index (χ0v) is 15.5. The normalized spacial score (nSPS) is 30.7. The summed E-state index contributed by atoms with van der Waals surface area (Å²) in [4.78, 5) is 23.9. The van der Waals surface area contributed by atoms with Crippen LogP contribution in [0.15, 0.2) is 33.9 Å². The number of carbonyl (C=O) groups is 2. The number of nitrogens with one attached hydrogen (secondary N) is 1. The molecule has 4 rings (SSSR count). The highest BCUT2D eigenvalue weighted by molar-refractivity contribution is 6.03. The van der Waals surface area contributed by atoms with Gasteiger partial charge >= 0.3 is 5.97 Å². The van der Waals surface area contributed by atoms with Crippen molar-refractivity contribution < 1.29 is 14.3 Å². The Bertz CT molecular complexity index is 911.